The average Bonchev–Trinajstić information content (AvgIpc) is 3.13. The highest BCUT2D eigenvalue weighted by molar-refractivity contribution is 7.91. The Labute approximate surface area is 190 Å². The van der Waals surface area contributed by atoms with Crippen LogP contribution in [0.2, 0.25) is 5.02 Å². The molecule has 1 saturated heterocycles. The standard InChI is InChI=1S/C20H24ClFO6S.CO2/c1-3-15-11-27-20(28-15)8-7-18(16(10-20)19(23)26-4-2)29(24,25)12-13-5-6-14(22)9-17(13)21;2-1-3/h5-6,9-10,15,18H,3-4,7-8,11-12H2,1-2H3;/t15-,18?,20?;/m0./s1. The summed E-state index contributed by atoms with van der Waals surface area (Å²) in [4.78, 5) is 28.8. The second-order valence-electron chi connectivity index (χ2n) is 7.24. The predicted octanol–water partition coefficient (Wildman–Crippen LogP) is 2.98. The number of esters is 1. The van der Waals surface area contributed by atoms with E-state index in [-0.39, 0.29) is 41.4 Å². The molecule has 176 valence electrons. The number of halogens is 2. The molecule has 32 heavy (non-hydrogen) atoms. The smallest absolute Gasteiger partial charge is 0.373 e. The Morgan fingerprint density at radius 2 is 2.03 bits per heavy atom. The maximum Gasteiger partial charge on any atom is 0.373 e. The van der Waals surface area contributed by atoms with Gasteiger partial charge in [0.2, 0.25) is 0 Å². The highest BCUT2D eigenvalue weighted by Crippen LogP contribution is 2.40. The molecule has 1 aliphatic carbocycles. The molecule has 1 aromatic rings. The predicted molar refractivity (Wildman–Crippen MR) is 111 cm³/mol. The largest absolute Gasteiger partial charge is 0.463 e. The third-order valence-electron chi connectivity index (χ3n) is 5.13. The minimum absolute atomic E-state index is 0.00749. The van der Waals surface area contributed by atoms with E-state index in [1.54, 1.807) is 6.92 Å². The number of ether oxygens (including phenoxy) is 3. The van der Waals surface area contributed by atoms with Crippen LogP contribution < -0.4 is 0 Å². The van der Waals surface area contributed by atoms with E-state index in [0.717, 1.165) is 18.6 Å². The van der Waals surface area contributed by atoms with Crippen molar-refractivity contribution >= 4 is 33.6 Å². The van der Waals surface area contributed by atoms with E-state index in [1.807, 2.05) is 6.92 Å². The zero-order valence-corrected chi connectivity index (χ0v) is 19.2. The molecule has 2 unspecified atom stereocenters. The third-order valence-corrected chi connectivity index (χ3v) is 7.55. The molecule has 2 aliphatic rings. The Hall–Kier alpha value is -2.10. The van der Waals surface area contributed by atoms with Crippen LogP contribution >= 0.6 is 11.6 Å². The van der Waals surface area contributed by atoms with Gasteiger partial charge in [0, 0.05) is 11.4 Å². The zero-order chi connectivity index (χ0) is 23.9. The molecule has 0 radical (unpaired) electrons. The average molecular weight is 491 g/mol. The van der Waals surface area contributed by atoms with Gasteiger partial charge in [0.15, 0.2) is 15.6 Å². The lowest BCUT2D eigenvalue weighted by atomic mass is 9.94. The van der Waals surface area contributed by atoms with Crippen molar-refractivity contribution in [3.05, 3.63) is 46.3 Å². The van der Waals surface area contributed by atoms with Crippen LogP contribution in [0.15, 0.2) is 29.8 Å². The van der Waals surface area contributed by atoms with Gasteiger partial charge in [0.05, 0.1) is 35.9 Å². The molecule has 1 aromatic carbocycles. The van der Waals surface area contributed by atoms with E-state index >= 15 is 0 Å². The van der Waals surface area contributed by atoms with Crippen LogP contribution in [0.4, 0.5) is 4.39 Å². The fourth-order valence-corrected chi connectivity index (χ4v) is 5.84. The Balaban J connectivity index is 0.00000114. The van der Waals surface area contributed by atoms with Gasteiger partial charge in [0.1, 0.15) is 5.82 Å². The van der Waals surface area contributed by atoms with Crippen LogP contribution in [-0.4, -0.2) is 50.9 Å². The van der Waals surface area contributed by atoms with E-state index in [1.165, 1.54) is 12.1 Å². The van der Waals surface area contributed by atoms with E-state index in [9.17, 15) is 17.6 Å². The maximum atomic E-state index is 13.3. The number of carbonyl (C=O) groups excluding carboxylic acids is 3. The summed E-state index contributed by atoms with van der Waals surface area (Å²) in [5.74, 6) is -2.79. The molecule has 3 rings (SSSR count). The number of hydrogen-bond donors (Lipinski definition) is 0. The van der Waals surface area contributed by atoms with Crippen LogP contribution in [0, 0.1) is 5.82 Å². The number of sulfone groups is 1. The summed E-state index contributed by atoms with van der Waals surface area (Å²) in [5.41, 5.74) is 0.282. The molecule has 1 heterocycles. The lowest BCUT2D eigenvalue weighted by Gasteiger charge is -2.33. The number of hydrogen-bond acceptors (Lipinski definition) is 8. The summed E-state index contributed by atoms with van der Waals surface area (Å²) >= 11 is 6.00. The van der Waals surface area contributed by atoms with Gasteiger partial charge in [-0.25, -0.2) is 17.6 Å². The Morgan fingerprint density at radius 1 is 1.34 bits per heavy atom. The van der Waals surface area contributed by atoms with E-state index in [2.05, 4.69) is 0 Å². The van der Waals surface area contributed by atoms with Gasteiger partial charge < -0.3 is 14.2 Å². The van der Waals surface area contributed by atoms with Crippen LogP contribution in [-0.2, 0) is 44.2 Å². The molecule has 0 bridgehead atoms. The summed E-state index contributed by atoms with van der Waals surface area (Å²) in [6.07, 6.45) is 2.78. The highest BCUT2D eigenvalue weighted by atomic mass is 35.5. The van der Waals surface area contributed by atoms with Crippen molar-refractivity contribution in [2.75, 3.05) is 13.2 Å². The molecule has 1 spiro atoms. The van der Waals surface area contributed by atoms with Crippen molar-refractivity contribution in [1.82, 2.24) is 0 Å². The minimum atomic E-state index is -3.84. The van der Waals surface area contributed by atoms with E-state index in [4.69, 9.17) is 35.4 Å². The second kappa shape index (κ2) is 11.2. The molecule has 1 fully saturated rings. The zero-order valence-electron chi connectivity index (χ0n) is 17.6. The van der Waals surface area contributed by atoms with Crippen molar-refractivity contribution in [1.29, 1.82) is 0 Å². The molecule has 0 saturated carbocycles. The lowest BCUT2D eigenvalue weighted by molar-refractivity contribution is -0.191. The SMILES string of the molecule is CCOC(=O)C1=CC2(CCC1S(=O)(=O)Cc1ccc(F)cc1Cl)OC[C@H](CC)O2.O=C=O. The van der Waals surface area contributed by atoms with E-state index in [0.29, 0.717) is 13.0 Å². The first-order valence-corrected chi connectivity index (χ1v) is 12.1. The molecule has 8 nitrogen and oxygen atoms in total. The van der Waals surface area contributed by atoms with Crippen LogP contribution in [0.5, 0.6) is 0 Å². The summed E-state index contributed by atoms with van der Waals surface area (Å²) in [5, 5.41) is -1.06. The molecule has 0 N–H and O–H groups in total. The quantitative estimate of drug-likeness (QED) is 0.559. The summed E-state index contributed by atoms with van der Waals surface area (Å²) in [7, 11) is -3.84. The van der Waals surface area contributed by atoms with Crippen molar-refractivity contribution in [2.24, 2.45) is 0 Å². The van der Waals surface area contributed by atoms with Gasteiger partial charge in [-0.2, -0.15) is 9.59 Å². The molecule has 3 atom stereocenters. The van der Waals surface area contributed by atoms with Gasteiger partial charge in [-0.3, -0.25) is 0 Å². The summed E-state index contributed by atoms with van der Waals surface area (Å²) in [6.45, 7) is 4.10. The van der Waals surface area contributed by atoms with Gasteiger partial charge in [0.25, 0.3) is 0 Å². The first-order valence-electron chi connectivity index (χ1n) is 9.97. The molecule has 11 heteroatoms. The molecular formula is C21H24ClFO8S. The normalized spacial score (nSPS) is 24.8. The lowest BCUT2D eigenvalue weighted by Crippen LogP contribution is -2.41. The molecule has 0 aromatic heterocycles. The van der Waals surface area contributed by atoms with Crippen LogP contribution in [0.1, 0.15) is 38.7 Å². The fraction of sp³-hybridized carbons (Fsp3) is 0.524. The summed E-state index contributed by atoms with van der Waals surface area (Å²) < 4.78 is 56.4. The molecule has 0 amide bonds. The van der Waals surface area contributed by atoms with Crippen LogP contribution in [0.3, 0.4) is 0 Å². The molecule has 1 aliphatic heterocycles. The van der Waals surface area contributed by atoms with Crippen molar-refractivity contribution in [3.63, 3.8) is 0 Å². The second-order valence-corrected chi connectivity index (χ2v) is 9.84. The summed E-state index contributed by atoms with van der Waals surface area (Å²) in [6, 6.07) is 3.55. The third kappa shape index (κ3) is 6.24. The van der Waals surface area contributed by atoms with Crippen molar-refractivity contribution in [3.8, 4) is 0 Å². The van der Waals surface area contributed by atoms with E-state index < -0.39 is 38.4 Å². The first-order chi connectivity index (χ1) is 15.1. The topological polar surface area (TPSA) is 113 Å². The monoisotopic (exact) mass is 490 g/mol. The fourth-order valence-electron chi connectivity index (χ4n) is 3.62. The Kier molecular flexibility index (Phi) is 9.12. The van der Waals surface area contributed by atoms with Gasteiger partial charge in [-0.1, -0.05) is 24.6 Å². The minimum Gasteiger partial charge on any atom is -0.463 e. The van der Waals surface area contributed by atoms with Gasteiger partial charge >= 0.3 is 12.1 Å². The number of benzene rings is 1. The number of carbonyl (C=O) groups is 1. The number of rotatable bonds is 6. The Bertz CT molecular complexity index is 1000. The maximum absolute atomic E-state index is 13.3. The van der Waals surface area contributed by atoms with Gasteiger partial charge in [-0.05, 0) is 43.5 Å². The first kappa shape index (κ1) is 26.2. The molecular weight excluding hydrogens is 467 g/mol. The van der Waals surface area contributed by atoms with Gasteiger partial charge in [-0.15, -0.1) is 0 Å². The van der Waals surface area contributed by atoms with Crippen molar-refractivity contribution < 1.29 is 41.4 Å². The highest BCUT2D eigenvalue weighted by Gasteiger charge is 2.47. The van der Waals surface area contributed by atoms with Crippen molar-refractivity contribution in [2.45, 2.75) is 56.0 Å². The Morgan fingerprint density at radius 3 is 2.59 bits per heavy atom. The van der Waals surface area contributed by atoms with Crippen LogP contribution in [0.25, 0.3) is 0 Å².